The Morgan fingerprint density at radius 2 is 1.85 bits per heavy atom. The fraction of sp³-hybridized carbons (Fsp3) is 0.958. The van der Waals surface area contributed by atoms with E-state index in [0.29, 0.717) is 29.1 Å². The Morgan fingerprint density at radius 3 is 2.59 bits per heavy atom. The largest absolute Gasteiger partial charge is 0.481 e. The van der Waals surface area contributed by atoms with Crippen molar-refractivity contribution in [2.24, 2.45) is 46.3 Å². The minimum atomic E-state index is -0.686. The molecule has 3 nitrogen and oxygen atoms in total. The molecule has 0 radical (unpaired) electrons. The number of hydrogen-bond acceptors (Lipinski definition) is 2. The number of aliphatic hydroxyl groups excluding tert-OH is 1. The van der Waals surface area contributed by atoms with E-state index in [9.17, 15) is 9.90 Å². The molecule has 2 N–H and O–H groups in total. The van der Waals surface area contributed by atoms with Gasteiger partial charge in [-0.3, -0.25) is 4.79 Å². The van der Waals surface area contributed by atoms with Gasteiger partial charge in [-0.1, -0.05) is 33.6 Å². The molecule has 0 aromatic heterocycles. The monoisotopic (exact) mass is 376 g/mol. The fourth-order valence-electron chi connectivity index (χ4n) is 8.77. The fourth-order valence-corrected chi connectivity index (χ4v) is 8.77. The lowest BCUT2D eigenvalue weighted by Crippen LogP contribution is -2.58. The first-order valence-electron chi connectivity index (χ1n) is 11.7. The molecule has 0 amide bonds. The molecular formula is C24H40O3. The molecule has 0 unspecified atom stereocenters. The predicted molar refractivity (Wildman–Crippen MR) is 107 cm³/mol. The van der Waals surface area contributed by atoms with Crippen LogP contribution >= 0.6 is 0 Å². The van der Waals surface area contributed by atoms with E-state index in [1.165, 1.54) is 51.4 Å². The van der Waals surface area contributed by atoms with Crippen molar-refractivity contribution < 1.29 is 15.0 Å². The van der Waals surface area contributed by atoms with Crippen molar-refractivity contribution in [3.05, 3.63) is 0 Å². The average molecular weight is 377 g/mol. The summed E-state index contributed by atoms with van der Waals surface area (Å²) >= 11 is 0. The Morgan fingerprint density at radius 1 is 1.07 bits per heavy atom. The van der Waals surface area contributed by atoms with Crippen LogP contribution in [0.3, 0.4) is 0 Å². The predicted octanol–water partition coefficient (Wildman–Crippen LogP) is 5.51. The van der Waals surface area contributed by atoms with Crippen LogP contribution in [-0.2, 0) is 4.79 Å². The highest BCUT2D eigenvalue weighted by atomic mass is 16.4. The molecule has 4 rings (SSSR count). The van der Waals surface area contributed by atoms with Gasteiger partial charge in [0.15, 0.2) is 0 Å². The molecule has 0 aliphatic heterocycles. The first kappa shape index (κ1) is 19.7. The Hall–Kier alpha value is -0.570. The quantitative estimate of drug-likeness (QED) is 0.680. The number of carboxylic acid groups (broad SMARTS) is 1. The molecule has 9 atom stereocenters. The lowest BCUT2D eigenvalue weighted by Gasteiger charge is -2.62. The lowest BCUT2D eigenvalue weighted by molar-refractivity contribution is -0.168. The van der Waals surface area contributed by atoms with Gasteiger partial charge in [0, 0.05) is 6.42 Å². The van der Waals surface area contributed by atoms with Gasteiger partial charge in [-0.25, -0.2) is 0 Å². The van der Waals surface area contributed by atoms with Crippen LogP contribution in [-0.4, -0.2) is 22.3 Å². The van der Waals surface area contributed by atoms with E-state index >= 15 is 0 Å². The maximum absolute atomic E-state index is 11.5. The Labute approximate surface area is 165 Å². The summed E-state index contributed by atoms with van der Waals surface area (Å²) in [6.07, 6.45) is 12.6. The summed E-state index contributed by atoms with van der Waals surface area (Å²) in [5.41, 5.74) is 0.452. The smallest absolute Gasteiger partial charge is 0.303 e. The van der Waals surface area contributed by atoms with Crippen molar-refractivity contribution in [1.29, 1.82) is 0 Å². The Bertz CT molecular complexity index is 574. The minimum Gasteiger partial charge on any atom is -0.481 e. The van der Waals surface area contributed by atoms with E-state index in [1.807, 2.05) is 0 Å². The number of fused-ring (bicyclic) bond motifs is 5. The summed E-state index contributed by atoms with van der Waals surface area (Å²) in [6, 6.07) is 0. The van der Waals surface area contributed by atoms with Gasteiger partial charge >= 0.3 is 5.97 Å². The van der Waals surface area contributed by atoms with Crippen LogP contribution in [0.1, 0.15) is 91.4 Å². The summed E-state index contributed by atoms with van der Waals surface area (Å²) < 4.78 is 0. The van der Waals surface area contributed by atoms with Crippen molar-refractivity contribution in [3.63, 3.8) is 0 Å². The minimum absolute atomic E-state index is 0.00303. The molecule has 0 heterocycles. The van der Waals surface area contributed by atoms with Crippen LogP contribution in [0.15, 0.2) is 0 Å². The van der Waals surface area contributed by atoms with Gasteiger partial charge in [0.05, 0.1) is 6.10 Å². The van der Waals surface area contributed by atoms with E-state index < -0.39 is 5.97 Å². The normalized spacial score (nSPS) is 50.4. The molecule has 4 fully saturated rings. The summed E-state index contributed by atoms with van der Waals surface area (Å²) in [5, 5.41) is 20.6. The zero-order valence-corrected chi connectivity index (χ0v) is 17.6. The SMILES string of the molecule is C[C@H](CCC(=O)O)[C@H]1CC[C@H]2[C@@H]3CC[C@@H]4CCCC[C@]4(C)[C@H]3C[C@H](O)[C@]12C. The number of aliphatic carboxylic acids is 1. The van der Waals surface area contributed by atoms with E-state index in [-0.39, 0.29) is 17.9 Å². The van der Waals surface area contributed by atoms with Crippen molar-refractivity contribution in [2.45, 2.75) is 97.5 Å². The molecular weight excluding hydrogens is 336 g/mol. The molecule has 0 saturated heterocycles. The zero-order chi connectivity index (χ0) is 19.4. The molecule has 0 aromatic carbocycles. The highest BCUT2D eigenvalue weighted by Gasteiger charge is 2.63. The summed E-state index contributed by atoms with van der Waals surface area (Å²) in [7, 11) is 0. The molecule has 4 aliphatic carbocycles. The third kappa shape index (κ3) is 2.98. The highest BCUT2D eigenvalue weighted by molar-refractivity contribution is 5.66. The Kier molecular flexibility index (Phi) is 5.15. The molecule has 4 aliphatic rings. The maximum Gasteiger partial charge on any atom is 0.303 e. The molecule has 27 heavy (non-hydrogen) atoms. The highest BCUT2D eigenvalue weighted by Crippen LogP contribution is 2.68. The van der Waals surface area contributed by atoms with Crippen molar-refractivity contribution in [3.8, 4) is 0 Å². The van der Waals surface area contributed by atoms with Gasteiger partial charge in [0.2, 0.25) is 0 Å². The van der Waals surface area contributed by atoms with Gasteiger partial charge in [-0.2, -0.15) is 0 Å². The first-order chi connectivity index (χ1) is 12.8. The topological polar surface area (TPSA) is 57.5 Å². The van der Waals surface area contributed by atoms with Crippen molar-refractivity contribution in [1.82, 2.24) is 0 Å². The number of carbonyl (C=O) groups is 1. The zero-order valence-electron chi connectivity index (χ0n) is 17.6. The molecule has 0 bridgehead atoms. The van der Waals surface area contributed by atoms with E-state index in [4.69, 9.17) is 5.11 Å². The molecule has 3 heteroatoms. The first-order valence-corrected chi connectivity index (χ1v) is 11.7. The van der Waals surface area contributed by atoms with Gasteiger partial charge in [0.25, 0.3) is 0 Å². The van der Waals surface area contributed by atoms with Gasteiger partial charge < -0.3 is 10.2 Å². The number of hydrogen-bond donors (Lipinski definition) is 2. The number of aliphatic hydroxyl groups is 1. The molecule has 4 saturated carbocycles. The third-order valence-electron chi connectivity index (χ3n) is 10.3. The second-order valence-electron chi connectivity index (χ2n) is 11.1. The van der Waals surface area contributed by atoms with Crippen LogP contribution in [0.5, 0.6) is 0 Å². The van der Waals surface area contributed by atoms with Crippen LogP contribution < -0.4 is 0 Å². The van der Waals surface area contributed by atoms with Gasteiger partial charge in [-0.15, -0.1) is 0 Å². The third-order valence-corrected chi connectivity index (χ3v) is 10.3. The van der Waals surface area contributed by atoms with Crippen LogP contribution in [0.25, 0.3) is 0 Å². The van der Waals surface area contributed by atoms with E-state index in [0.717, 1.165) is 24.7 Å². The van der Waals surface area contributed by atoms with Crippen molar-refractivity contribution >= 4 is 5.97 Å². The van der Waals surface area contributed by atoms with Gasteiger partial charge in [-0.05, 0) is 97.7 Å². The molecule has 0 aromatic rings. The Balaban J connectivity index is 1.57. The van der Waals surface area contributed by atoms with E-state index in [2.05, 4.69) is 20.8 Å². The van der Waals surface area contributed by atoms with Gasteiger partial charge in [0.1, 0.15) is 0 Å². The standard InChI is InChI=1S/C24H40O3/c1-15(7-12-22(26)27)18-10-11-19-17-9-8-16-6-4-5-13-23(16,2)20(17)14-21(25)24(18,19)3/h15-21,25H,4-14H2,1-3H3,(H,26,27)/t15-,16+,17+,18-,19+,20+,21+,23+,24-/m1/s1. The lowest BCUT2D eigenvalue weighted by atomic mass is 9.44. The summed E-state index contributed by atoms with van der Waals surface area (Å²) in [5.74, 6) is 3.21. The maximum atomic E-state index is 11.5. The molecule has 154 valence electrons. The molecule has 0 spiro atoms. The summed E-state index contributed by atoms with van der Waals surface area (Å²) in [4.78, 5) is 11.1. The van der Waals surface area contributed by atoms with Crippen LogP contribution in [0.4, 0.5) is 0 Å². The average Bonchev–Trinajstić information content (AvgIpc) is 2.99. The number of rotatable bonds is 4. The second-order valence-corrected chi connectivity index (χ2v) is 11.1. The van der Waals surface area contributed by atoms with Crippen molar-refractivity contribution in [2.75, 3.05) is 0 Å². The van der Waals surface area contributed by atoms with Crippen LogP contribution in [0.2, 0.25) is 0 Å². The van der Waals surface area contributed by atoms with Crippen LogP contribution in [0, 0.1) is 46.3 Å². The number of carboxylic acids is 1. The second kappa shape index (κ2) is 7.04. The van der Waals surface area contributed by atoms with E-state index in [1.54, 1.807) is 0 Å². The summed E-state index contributed by atoms with van der Waals surface area (Å²) in [6.45, 7) is 7.16.